The standard InChI is InChI=1S/C16H31NO5S/c1-8-16(6,10-12-22-23(18,19)14(2)3)20-11-9-15(4,5)21-13-17-7/h2,7-13H2,1,3-6H3. The Bertz CT molecular complexity index is 487. The van der Waals surface area contributed by atoms with Gasteiger partial charge >= 0.3 is 0 Å². The highest BCUT2D eigenvalue weighted by atomic mass is 32.2. The van der Waals surface area contributed by atoms with Crippen molar-refractivity contribution in [1.29, 1.82) is 0 Å². The van der Waals surface area contributed by atoms with Gasteiger partial charge < -0.3 is 9.47 Å². The normalized spacial score (nSPS) is 15.2. The highest BCUT2D eigenvalue weighted by Crippen LogP contribution is 2.23. The second kappa shape index (κ2) is 9.52. The molecule has 0 spiro atoms. The lowest BCUT2D eigenvalue weighted by Gasteiger charge is -2.31. The Morgan fingerprint density at radius 2 is 1.74 bits per heavy atom. The maximum absolute atomic E-state index is 11.6. The van der Waals surface area contributed by atoms with Crippen LogP contribution in [0.5, 0.6) is 0 Å². The van der Waals surface area contributed by atoms with Gasteiger partial charge in [0, 0.05) is 6.42 Å². The molecule has 0 aromatic heterocycles. The molecule has 23 heavy (non-hydrogen) atoms. The summed E-state index contributed by atoms with van der Waals surface area (Å²) in [6.07, 6.45) is 1.92. The van der Waals surface area contributed by atoms with Gasteiger partial charge in [-0.1, -0.05) is 13.5 Å². The van der Waals surface area contributed by atoms with Crippen molar-refractivity contribution in [2.45, 2.75) is 65.1 Å². The van der Waals surface area contributed by atoms with Crippen molar-refractivity contribution >= 4 is 16.8 Å². The van der Waals surface area contributed by atoms with Crippen LogP contribution in [0.1, 0.15) is 53.9 Å². The van der Waals surface area contributed by atoms with Crippen molar-refractivity contribution < 1.29 is 22.1 Å². The third kappa shape index (κ3) is 9.20. The average Bonchev–Trinajstić information content (AvgIpc) is 2.44. The molecule has 0 aromatic rings. The van der Waals surface area contributed by atoms with Crippen LogP contribution in [-0.2, 0) is 23.8 Å². The van der Waals surface area contributed by atoms with Crippen molar-refractivity contribution in [3.63, 3.8) is 0 Å². The van der Waals surface area contributed by atoms with Crippen LogP contribution in [0, 0.1) is 0 Å². The molecule has 1 unspecified atom stereocenters. The first kappa shape index (κ1) is 22.2. The topological polar surface area (TPSA) is 74.2 Å². The second-order valence-corrected chi connectivity index (χ2v) is 8.23. The van der Waals surface area contributed by atoms with Crippen molar-refractivity contribution in [3.8, 4) is 0 Å². The summed E-state index contributed by atoms with van der Waals surface area (Å²) in [5, 5.41) is 0. The summed E-state index contributed by atoms with van der Waals surface area (Å²) >= 11 is 0. The van der Waals surface area contributed by atoms with Gasteiger partial charge in [-0.15, -0.1) is 0 Å². The van der Waals surface area contributed by atoms with Gasteiger partial charge in [0.2, 0.25) is 0 Å². The molecule has 0 saturated carbocycles. The first-order valence-corrected chi connectivity index (χ1v) is 9.14. The van der Waals surface area contributed by atoms with Crippen LogP contribution in [0.2, 0.25) is 0 Å². The van der Waals surface area contributed by atoms with Crippen LogP contribution < -0.4 is 0 Å². The molecule has 0 aromatic carbocycles. The smallest absolute Gasteiger partial charge is 0.292 e. The van der Waals surface area contributed by atoms with Crippen LogP contribution in [0.4, 0.5) is 0 Å². The maximum atomic E-state index is 11.6. The van der Waals surface area contributed by atoms with E-state index in [4.69, 9.17) is 13.7 Å². The van der Waals surface area contributed by atoms with Gasteiger partial charge in [-0.2, -0.15) is 8.42 Å². The monoisotopic (exact) mass is 349 g/mol. The van der Waals surface area contributed by atoms with Gasteiger partial charge in [0.15, 0.2) is 0 Å². The molecule has 0 radical (unpaired) electrons. The van der Waals surface area contributed by atoms with Crippen LogP contribution in [0.25, 0.3) is 0 Å². The first-order valence-electron chi connectivity index (χ1n) is 7.73. The molecule has 0 aliphatic rings. The number of nitrogens with zero attached hydrogens (tertiary/aromatic N) is 1. The second-order valence-electron chi connectivity index (χ2n) is 6.39. The average molecular weight is 349 g/mol. The fourth-order valence-electron chi connectivity index (χ4n) is 1.65. The molecule has 0 fully saturated rings. The minimum atomic E-state index is -3.67. The summed E-state index contributed by atoms with van der Waals surface area (Å²) < 4.78 is 39.6. The maximum Gasteiger partial charge on any atom is 0.292 e. The molecule has 6 nitrogen and oxygen atoms in total. The zero-order valence-electron chi connectivity index (χ0n) is 15.1. The Morgan fingerprint density at radius 3 is 2.22 bits per heavy atom. The van der Waals surface area contributed by atoms with Crippen LogP contribution >= 0.6 is 0 Å². The van der Waals surface area contributed by atoms with Gasteiger partial charge in [0.25, 0.3) is 10.1 Å². The number of ether oxygens (including phenoxy) is 2. The molecule has 1 atom stereocenters. The first-order chi connectivity index (χ1) is 10.5. The van der Waals surface area contributed by atoms with Crippen molar-refractivity contribution in [3.05, 3.63) is 11.5 Å². The Labute approximate surface area is 141 Å². The van der Waals surface area contributed by atoms with Crippen LogP contribution in [-0.4, -0.2) is 46.3 Å². The lowest BCUT2D eigenvalue weighted by Crippen LogP contribution is -2.33. The van der Waals surface area contributed by atoms with Crippen molar-refractivity contribution in [2.75, 3.05) is 19.9 Å². The van der Waals surface area contributed by atoms with E-state index in [1.807, 2.05) is 27.7 Å². The van der Waals surface area contributed by atoms with Gasteiger partial charge in [-0.25, -0.2) is 0 Å². The van der Waals surface area contributed by atoms with Gasteiger partial charge in [-0.05, 0) is 47.3 Å². The Morgan fingerprint density at radius 1 is 1.13 bits per heavy atom. The van der Waals surface area contributed by atoms with Gasteiger partial charge in [-0.3, -0.25) is 9.18 Å². The van der Waals surface area contributed by atoms with Gasteiger partial charge in [0.05, 0.1) is 29.3 Å². The molecule has 0 amide bonds. The van der Waals surface area contributed by atoms with Crippen molar-refractivity contribution in [2.24, 2.45) is 4.99 Å². The fourth-order valence-corrected chi connectivity index (χ4v) is 2.16. The van der Waals surface area contributed by atoms with E-state index in [1.165, 1.54) is 6.92 Å². The number of aliphatic imine (C=N–C) groups is 1. The van der Waals surface area contributed by atoms with E-state index < -0.39 is 15.7 Å². The zero-order valence-corrected chi connectivity index (χ0v) is 15.9. The van der Waals surface area contributed by atoms with E-state index in [-0.39, 0.29) is 23.8 Å². The number of hydrogen-bond acceptors (Lipinski definition) is 6. The Hall–Kier alpha value is -0.760. The quantitative estimate of drug-likeness (QED) is 0.377. The molecular weight excluding hydrogens is 318 g/mol. The predicted molar refractivity (Wildman–Crippen MR) is 93.1 cm³/mol. The molecule has 0 saturated heterocycles. The summed E-state index contributed by atoms with van der Waals surface area (Å²) in [4.78, 5) is 3.68. The Balaban J connectivity index is 4.35. The molecule has 0 aliphatic heterocycles. The molecule has 0 rings (SSSR count). The number of hydrogen-bond donors (Lipinski definition) is 0. The van der Waals surface area contributed by atoms with Gasteiger partial charge in [0.1, 0.15) is 6.73 Å². The lowest BCUT2D eigenvalue weighted by molar-refractivity contribution is -0.0836. The largest absolute Gasteiger partial charge is 0.375 e. The molecular formula is C16H31NO5S. The molecule has 0 N–H and O–H groups in total. The SMILES string of the molecule is C=NCOC(C)(C)CCOC(C)(CC)CCOS(=O)(=O)C(=C)C. The molecule has 0 heterocycles. The van der Waals surface area contributed by atoms with E-state index in [0.717, 1.165) is 6.42 Å². The number of rotatable bonds is 13. The summed E-state index contributed by atoms with van der Waals surface area (Å²) in [5.41, 5.74) is -0.799. The minimum absolute atomic E-state index is 0.00588. The zero-order chi connectivity index (χ0) is 18.1. The summed E-state index contributed by atoms with van der Waals surface area (Å²) in [6, 6.07) is 0. The van der Waals surface area contributed by atoms with E-state index >= 15 is 0 Å². The summed E-state index contributed by atoms with van der Waals surface area (Å²) in [5.74, 6) is 0. The predicted octanol–water partition coefficient (Wildman–Crippen LogP) is 3.29. The van der Waals surface area contributed by atoms with E-state index in [1.54, 1.807) is 0 Å². The molecule has 0 aliphatic carbocycles. The third-order valence-electron chi connectivity index (χ3n) is 3.75. The van der Waals surface area contributed by atoms with E-state index in [2.05, 4.69) is 18.3 Å². The number of allylic oxidation sites excluding steroid dienone is 1. The molecule has 7 heteroatoms. The summed E-state index contributed by atoms with van der Waals surface area (Å²) in [7, 11) is -3.67. The highest BCUT2D eigenvalue weighted by Gasteiger charge is 2.26. The third-order valence-corrected chi connectivity index (χ3v) is 5.08. The van der Waals surface area contributed by atoms with E-state index in [9.17, 15) is 8.42 Å². The lowest BCUT2D eigenvalue weighted by atomic mass is 9.99. The molecule has 0 bridgehead atoms. The highest BCUT2D eigenvalue weighted by molar-refractivity contribution is 7.90. The minimum Gasteiger partial charge on any atom is -0.375 e. The van der Waals surface area contributed by atoms with E-state index in [0.29, 0.717) is 19.4 Å². The summed E-state index contributed by atoms with van der Waals surface area (Å²) in [6.45, 7) is 16.9. The van der Waals surface area contributed by atoms with Crippen molar-refractivity contribution in [1.82, 2.24) is 0 Å². The Kier molecular flexibility index (Phi) is 9.20. The molecule has 136 valence electrons. The van der Waals surface area contributed by atoms with Crippen LogP contribution in [0.15, 0.2) is 16.5 Å². The van der Waals surface area contributed by atoms with Crippen LogP contribution in [0.3, 0.4) is 0 Å². The fraction of sp³-hybridized carbons (Fsp3) is 0.812.